The van der Waals surface area contributed by atoms with Crippen molar-refractivity contribution in [1.29, 1.82) is 0 Å². The molecule has 1 atom stereocenters. The summed E-state index contributed by atoms with van der Waals surface area (Å²) in [5, 5.41) is 0. The number of carbonyl (C=O) groups is 1. The average molecular weight is 411 g/mol. The molecule has 1 aliphatic rings. The van der Waals surface area contributed by atoms with Gasteiger partial charge in [-0.25, -0.2) is 4.79 Å². The second-order valence-corrected chi connectivity index (χ2v) is 4.58. The summed E-state index contributed by atoms with van der Waals surface area (Å²) in [6.45, 7) is 11.1. The minimum absolute atomic E-state index is 0. The molecule has 1 rings (SSSR count). The molecule has 0 aromatic heterocycles. The molecule has 1 heterocycles. The quantitative estimate of drug-likeness (QED) is 0.297. The number of halogens is 1. The average Bonchev–Trinajstić information content (AvgIpc) is 2.31. The first kappa shape index (κ1) is 22.2. The number of hydrogen-bond donors (Lipinski definition) is 0. The van der Waals surface area contributed by atoms with Crippen LogP contribution in [0.5, 0.6) is 0 Å². The topological polar surface area (TPSA) is 29.5 Å². The van der Waals surface area contributed by atoms with Gasteiger partial charge < -0.3 is 40.5 Å². The van der Waals surface area contributed by atoms with Crippen LogP contribution in [0.4, 0.5) is 4.79 Å². The van der Waals surface area contributed by atoms with Gasteiger partial charge in [-0.15, -0.1) is 5.92 Å². The minimum atomic E-state index is -0.393. The SMILES string of the molecule is S.[CH2-][C@H]1CCN(C(=O)OC(C)(C)C)C1.[I-].[Zn+2]. The Morgan fingerprint density at radius 3 is 2.25 bits per heavy atom. The smallest absolute Gasteiger partial charge is 1.00 e. The summed E-state index contributed by atoms with van der Waals surface area (Å²) in [5.41, 5.74) is -0.393. The first-order valence-electron chi connectivity index (χ1n) is 4.69. The zero-order valence-electron chi connectivity index (χ0n) is 10.3. The van der Waals surface area contributed by atoms with Crippen molar-refractivity contribution in [3.63, 3.8) is 0 Å². The fourth-order valence-electron chi connectivity index (χ4n) is 1.32. The van der Waals surface area contributed by atoms with Gasteiger partial charge in [-0.1, -0.05) is 6.42 Å². The van der Waals surface area contributed by atoms with Gasteiger partial charge in [0.15, 0.2) is 0 Å². The van der Waals surface area contributed by atoms with E-state index >= 15 is 0 Å². The van der Waals surface area contributed by atoms with Crippen LogP contribution in [0.3, 0.4) is 0 Å². The van der Waals surface area contributed by atoms with Crippen LogP contribution in [-0.2, 0) is 24.2 Å². The van der Waals surface area contributed by atoms with Gasteiger partial charge in [0.2, 0.25) is 0 Å². The molecule has 92 valence electrons. The maximum absolute atomic E-state index is 11.5. The van der Waals surface area contributed by atoms with Crippen molar-refractivity contribution in [2.24, 2.45) is 5.92 Å². The molecular weight excluding hydrogens is 390 g/mol. The van der Waals surface area contributed by atoms with Gasteiger partial charge in [0.25, 0.3) is 0 Å². The normalized spacial score (nSPS) is 19.0. The number of carbonyl (C=O) groups excluding carboxylic acids is 1. The standard InChI is InChI=1S/C10H18NO2.HI.H2S.Zn/c1-8-5-6-11(7-8)9(12)13-10(2,3)4;;;/h8H,1,5-7H2,2-4H3;1H;1H2;/q-1;;;+2/p-1/t8-;;;/m0.../s1. The molecule has 1 fully saturated rings. The first-order valence-corrected chi connectivity index (χ1v) is 4.69. The van der Waals surface area contributed by atoms with E-state index in [2.05, 4.69) is 6.92 Å². The molecular formula is C10H20INO2SZn. The third-order valence-corrected chi connectivity index (χ3v) is 1.94. The van der Waals surface area contributed by atoms with E-state index in [1.165, 1.54) is 0 Å². The van der Waals surface area contributed by atoms with Crippen molar-refractivity contribution in [1.82, 2.24) is 4.90 Å². The second-order valence-electron chi connectivity index (χ2n) is 4.58. The van der Waals surface area contributed by atoms with Crippen LogP contribution >= 0.6 is 13.5 Å². The Morgan fingerprint density at radius 1 is 1.44 bits per heavy atom. The van der Waals surface area contributed by atoms with Gasteiger partial charge >= 0.3 is 25.6 Å². The van der Waals surface area contributed by atoms with Crippen molar-refractivity contribution >= 4 is 19.6 Å². The molecule has 0 bridgehead atoms. The summed E-state index contributed by atoms with van der Waals surface area (Å²) in [4.78, 5) is 13.2. The molecule has 6 heteroatoms. The van der Waals surface area contributed by atoms with Gasteiger partial charge in [-0.05, 0) is 27.3 Å². The maximum Gasteiger partial charge on any atom is 2.00 e. The van der Waals surface area contributed by atoms with E-state index in [0.717, 1.165) is 19.5 Å². The van der Waals surface area contributed by atoms with Gasteiger partial charge in [-0.2, -0.15) is 13.5 Å². The van der Waals surface area contributed by atoms with Gasteiger partial charge in [0, 0.05) is 6.54 Å². The van der Waals surface area contributed by atoms with E-state index in [1.807, 2.05) is 20.8 Å². The largest absolute Gasteiger partial charge is 2.00 e. The van der Waals surface area contributed by atoms with Gasteiger partial charge in [-0.3, -0.25) is 0 Å². The molecule has 0 spiro atoms. The summed E-state index contributed by atoms with van der Waals surface area (Å²) in [5.74, 6) is 0.368. The molecule has 1 aliphatic heterocycles. The Morgan fingerprint density at radius 2 is 1.94 bits per heavy atom. The molecule has 16 heavy (non-hydrogen) atoms. The zero-order valence-corrected chi connectivity index (χ0v) is 16.4. The van der Waals surface area contributed by atoms with Crippen molar-refractivity contribution < 1.29 is 53.0 Å². The van der Waals surface area contributed by atoms with E-state index in [0.29, 0.717) is 5.92 Å². The summed E-state index contributed by atoms with van der Waals surface area (Å²) in [6, 6.07) is 0. The minimum Gasteiger partial charge on any atom is -1.00 e. The number of rotatable bonds is 0. The Hall–Kier alpha value is 0.973. The fourth-order valence-corrected chi connectivity index (χ4v) is 1.32. The molecule has 0 unspecified atom stereocenters. The van der Waals surface area contributed by atoms with Crippen LogP contribution in [0.25, 0.3) is 0 Å². The third kappa shape index (κ3) is 8.12. The maximum atomic E-state index is 11.5. The van der Waals surface area contributed by atoms with Crippen molar-refractivity contribution in [2.75, 3.05) is 13.1 Å². The molecule has 0 saturated carbocycles. The number of nitrogens with zero attached hydrogens (tertiary/aromatic N) is 1. The van der Waals surface area contributed by atoms with E-state index in [4.69, 9.17) is 4.74 Å². The Kier molecular flexibility index (Phi) is 12.4. The fraction of sp³-hybridized carbons (Fsp3) is 0.800. The van der Waals surface area contributed by atoms with Crippen LogP contribution in [0, 0.1) is 12.8 Å². The Labute approximate surface area is 135 Å². The van der Waals surface area contributed by atoms with Crippen molar-refractivity contribution in [2.45, 2.75) is 32.8 Å². The van der Waals surface area contributed by atoms with Crippen LogP contribution in [0.2, 0.25) is 0 Å². The number of hydrogen-bond acceptors (Lipinski definition) is 2. The van der Waals surface area contributed by atoms with Gasteiger partial charge in [0.05, 0.1) is 0 Å². The van der Waals surface area contributed by atoms with Crippen molar-refractivity contribution in [3.8, 4) is 0 Å². The molecule has 1 amide bonds. The summed E-state index contributed by atoms with van der Waals surface area (Å²) < 4.78 is 5.23. The molecule has 0 aliphatic carbocycles. The number of likely N-dealkylation sites (tertiary alicyclic amines) is 1. The predicted octanol–water partition coefficient (Wildman–Crippen LogP) is -0.808. The monoisotopic (exact) mass is 409 g/mol. The second kappa shape index (κ2) is 8.98. The van der Waals surface area contributed by atoms with E-state index in [1.54, 1.807) is 4.90 Å². The molecule has 1 saturated heterocycles. The number of amides is 1. The number of ether oxygens (including phenoxy) is 1. The van der Waals surface area contributed by atoms with Crippen LogP contribution < -0.4 is 24.0 Å². The van der Waals surface area contributed by atoms with E-state index in [-0.39, 0.29) is 63.0 Å². The summed E-state index contributed by atoms with van der Waals surface area (Å²) in [7, 11) is 0. The zero-order chi connectivity index (χ0) is 10.1. The molecule has 0 aromatic carbocycles. The first-order chi connectivity index (χ1) is 5.88. The van der Waals surface area contributed by atoms with E-state index < -0.39 is 5.60 Å². The molecule has 0 radical (unpaired) electrons. The van der Waals surface area contributed by atoms with Crippen LogP contribution in [0.15, 0.2) is 0 Å². The summed E-state index contributed by atoms with van der Waals surface area (Å²) in [6.07, 6.45) is 0.776. The molecule has 3 nitrogen and oxygen atoms in total. The third-order valence-electron chi connectivity index (χ3n) is 1.94. The van der Waals surface area contributed by atoms with Crippen LogP contribution in [-0.4, -0.2) is 29.7 Å². The van der Waals surface area contributed by atoms with Crippen LogP contribution in [0.1, 0.15) is 27.2 Å². The summed E-state index contributed by atoms with van der Waals surface area (Å²) >= 11 is 0. The molecule has 0 aromatic rings. The molecule has 0 N–H and O–H groups in total. The van der Waals surface area contributed by atoms with Gasteiger partial charge in [0.1, 0.15) is 5.60 Å². The Bertz CT molecular complexity index is 211. The predicted molar refractivity (Wildman–Crippen MR) is 61.7 cm³/mol. The van der Waals surface area contributed by atoms with E-state index in [9.17, 15) is 4.79 Å². The van der Waals surface area contributed by atoms with Crippen molar-refractivity contribution in [3.05, 3.63) is 6.92 Å². The Balaban J connectivity index is -0.000000563.